The molecule has 0 bridgehead atoms. The van der Waals surface area contributed by atoms with Crippen molar-refractivity contribution in [1.82, 2.24) is 15.0 Å². The fraction of sp³-hybridized carbons (Fsp3) is 0.300. The minimum atomic E-state index is -0.174. The van der Waals surface area contributed by atoms with Gasteiger partial charge in [0.2, 0.25) is 5.89 Å². The highest BCUT2D eigenvalue weighted by atomic mass is 35.5. The molecule has 0 saturated carbocycles. The quantitative estimate of drug-likeness (QED) is 0.667. The van der Waals surface area contributed by atoms with E-state index >= 15 is 0 Å². The van der Waals surface area contributed by atoms with Crippen molar-refractivity contribution in [3.8, 4) is 0 Å². The van der Waals surface area contributed by atoms with Crippen LogP contribution >= 0.6 is 11.6 Å². The van der Waals surface area contributed by atoms with Gasteiger partial charge in [0.1, 0.15) is 5.82 Å². The molecule has 0 spiro atoms. The van der Waals surface area contributed by atoms with E-state index in [9.17, 15) is 4.39 Å². The maximum absolute atomic E-state index is 13.9. The van der Waals surface area contributed by atoms with Crippen LogP contribution in [0.1, 0.15) is 17.3 Å². The lowest BCUT2D eigenvalue weighted by molar-refractivity contribution is 0.215. The van der Waals surface area contributed by atoms with Gasteiger partial charge >= 0.3 is 0 Å². The van der Waals surface area contributed by atoms with Crippen molar-refractivity contribution >= 4 is 17.3 Å². The monoisotopic (exact) mass is 386 g/mol. The van der Waals surface area contributed by atoms with Crippen molar-refractivity contribution in [2.45, 2.75) is 13.0 Å². The fourth-order valence-corrected chi connectivity index (χ4v) is 3.49. The van der Waals surface area contributed by atoms with E-state index in [1.807, 2.05) is 36.4 Å². The van der Waals surface area contributed by atoms with Gasteiger partial charge in [-0.05, 0) is 23.8 Å². The zero-order valence-electron chi connectivity index (χ0n) is 14.8. The summed E-state index contributed by atoms with van der Waals surface area (Å²) < 4.78 is 19.3. The highest BCUT2D eigenvalue weighted by molar-refractivity contribution is 6.31. The number of anilines is 1. The predicted octanol–water partition coefficient (Wildman–Crippen LogP) is 3.78. The normalized spacial score (nSPS) is 15.3. The molecule has 1 fully saturated rings. The van der Waals surface area contributed by atoms with E-state index in [2.05, 4.69) is 19.9 Å². The Balaban J connectivity index is 1.33. The highest BCUT2D eigenvalue weighted by Crippen LogP contribution is 2.21. The molecule has 0 amide bonds. The fourth-order valence-electron chi connectivity index (χ4n) is 3.28. The van der Waals surface area contributed by atoms with Gasteiger partial charge in [0.25, 0.3) is 0 Å². The summed E-state index contributed by atoms with van der Waals surface area (Å²) in [5.41, 5.74) is 1.64. The number of hydrogen-bond donors (Lipinski definition) is 0. The summed E-state index contributed by atoms with van der Waals surface area (Å²) >= 11 is 6.19. The topological polar surface area (TPSA) is 45.4 Å². The van der Waals surface area contributed by atoms with E-state index < -0.39 is 0 Å². The Bertz CT molecular complexity index is 908. The van der Waals surface area contributed by atoms with Gasteiger partial charge < -0.3 is 9.42 Å². The largest absolute Gasteiger partial charge is 0.367 e. The molecule has 27 heavy (non-hydrogen) atoms. The third-order valence-electron chi connectivity index (χ3n) is 4.74. The van der Waals surface area contributed by atoms with Crippen LogP contribution in [0, 0.1) is 5.82 Å². The van der Waals surface area contributed by atoms with E-state index in [4.69, 9.17) is 16.1 Å². The Morgan fingerprint density at radius 2 is 1.74 bits per heavy atom. The molecule has 1 saturated heterocycles. The average molecular weight is 387 g/mol. The van der Waals surface area contributed by atoms with E-state index in [1.54, 1.807) is 6.07 Å². The molecular weight excluding hydrogens is 367 g/mol. The van der Waals surface area contributed by atoms with Gasteiger partial charge in [-0.1, -0.05) is 47.1 Å². The zero-order valence-corrected chi connectivity index (χ0v) is 15.6. The lowest BCUT2D eigenvalue weighted by Crippen LogP contribution is -2.46. The molecule has 0 N–H and O–H groups in total. The van der Waals surface area contributed by atoms with E-state index in [0.717, 1.165) is 31.7 Å². The van der Waals surface area contributed by atoms with Crippen LogP contribution in [0.3, 0.4) is 0 Å². The first kappa shape index (κ1) is 17.9. The van der Waals surface area contributed by atoms with Gasteiger partial charge in [-0.25, -0.2) is 4.39 Å². The number of benzene rings is 2. The molecule has 5 nitrogen and oxygen atoms in total. The average Bonchev–Trinajstić information content (AvgIpc) is 3.12. The maximum Gasteiger partial charge on any atom is 0.240 e. The number of aromatic nitrogens is 2. The molecule has 4 rings (SSSR count). The van der Waals surface area contributed by atoms with Crippen LogP contribution in [0.5, 0.6) is 0 Å². The summed E-state index contributed by atoms with van der Waals surface area (Å²) in [6, 6.07) is 14.6. The molecule has 2 aromatic carbocycles. The number of rotatable bonds is 5. The second kappa shape index (κ2) is 8.06. The molecule has 7 heteroatoms. The summed E-state index contributed by atoms with van der Waals surface area (Å²) in [7, 11) is 0. The van der Waals surface area contributed by atoms with Crippen LogP contribution < -0.4 is 4.90 Å². The van der Waals surface area contributed by atoms with Crippen molar-refractivity contribution < 1.29 is 8.91 Å². The first-order chi connectivity index (χ1) is 13.2. The van der Waals surface area contributed by atoms with Gasteiger partial charge in [-0.3, -0.25) is 4.90 Å². The number of halogens is 2. The SMILES string of the molecule is Fc1ccccc1N1CCN(Cc2nc(Cc3ccccc3Cl)no2)CC1. The standard InChI is InChI=1S/C20H20ClFN4O/c21-16-6-2-1-5-15(16)13-19-23-20(27-24-19)14-25-9-11-26(12-10-25)18-8-4-3-7-17(18)22/h1-8H,9-14H2. The lowest BCUT2D eigenvalue weighted by atomic mass is 10.1. The summed E-state index contributed by atoms with van der Waals surface area (Å²) in [4.78, 5) is 8.79. The highest BCUT2D eigenvalue weighted by Gasteiger charge is 2.21. The molecule has 1 aliphatic heterocycles. The van der Waals surface area contributed by atoms with E-state index in [1.165, 1.54) is 6.07 Å². The minimum absolute atomic E-state index is 0.174. The summed E-state index contributed by atoms with van der Waals surface area (Å²) in [6.07, 6.45) is 0.546. The number of piperazine rings is 1. The molecule has 0 unspecified atom stereocenters. The third-order valence-corrected chi connectivity index (χ3v) is 5.11. The third kappa shape index (κ3) is 4.28. The molecule has 2 heterocycles. The van der Waals surface area contributed by atoms with Crippen molar-refractivity contribution in [2.24, 2.45) is 0 Å². The molecule has 0 radical (unpaired) electrons. The first-order valence-electron chi connectivity index (χ1n) is 8.96. The van der Waals surface area contributed by atoms with E-state index in [0.29, 0.717) is 35.4 Å². The molecule has 1 aliphatic rings. The van der Waals surface area contributed by atoms with Crippen molar-refractivity contribution in [2.75, 3.05) is 31.1 Å². The number of nitrogens with zero attached hydrogens (tertiary/aromatic N) is 4. The van der Waals surface area contributed by atoms with Crippen LogP contribution in [0.25, 0.3) is 0 Å². The minimum Gasteiger partial charge on any atom is -0.367 e. The smallest absolute Gasteiger partial charge is 0.240 e. The Kier molecular flexibility index (Phi) is 5.36. The lowest BCUT2D eigenvalue weighted by Gasteiger charge is -2.35. The second-order valence-corrected chi connectivity index (χ2v) is 6.99. The molecule has 1 aromatic heterocycles. The first-order valence-corrected chi connectivity index (χ1v) is 9.33. The Labute approximate surface area is 162 Å². The maximum atomic E-state index is 13.9. The molecular formula is C20H20ClFN4O. The van der Waals surface area contributed by atoms with Crippen LogP contribution in [0.15, 0.2) is 53.1 Å². The van der Waals surface area contributed by atoms with Crippen molar-refractivity contribution in [3.63, 3.8) is 0 Å². The molecule has 0 atom stereocenters. The Morgan fingerprint density at radius 3 is 2.52 bits per heavy atom. The summed E-state index contributed by atoms with van der Waals surface area (Å²) in [5, 5.41) is 4.76. The van der Waals surface area contributed by atoms with Crippen molar-refractivity contribution in [3.05, 3.63) is 76.6 Å². The van der Waals surface area contributed by atoms with Gasteiger partial charge in [0.15, 0.2) is 5.82 Å². The number of para-hydroxylation sites is 1. The van der Waals surface area contributed by atoms with Crippen LogP contribution in [-0.4, -0.2) is 41.2 Å². The zero-order chi connectivity index (χ0) is 18.6. The van der Waals surface area contributed by atoms with Gasteiger partial charge in [0, 0.05) is 37.6 Å². The van der Waals surface area contributed by atoms with Crippen LogP contribution in [-0.2, 0) is 13.0 Å². The Morgan fingerprint density at radius 1 is 1.00 bits per heavy atom. The van der Waals surface area contributed by atoms with E-state index in [-0.39, 0.29) is 5.82 Å². The van der Waals surface area contributed by atoms with Gasteiger partial charge in [-0.15, -0.1) is 0 Å². The Hall–Kier alpha value is -2.44. The molecule has 3 aromatic rings. The van der Waals surface area contributed by atoms with Crippen LogP contribution in [0.2, 0.25) is 5.02 Å². The second-order valence-electron chi connectivity index (χ2n) is 6.59. The van der Waals surface area contributed by atoms with Gasteiger partial charge in [-0.2, -0.15) is 4.98 Å². The van der Waals surface area contributed by atoms with Crippen LogP contribution in [0.4, 0.5) is 10.1 Å². The molecule has 140 valence electrons. The van der Waals surface area contributed by atoms with Crippen molar-refractivity contribution in [1.29, 1.82) is 0 Å². The summed E-state index contributed by atoms with van der Waals surface area (Å²) in [5.74, 6) is 1.05. The molecule has 0 aliphatic carbocycles. The number of hydrogen-bond acceptors (Lipinski definition) is 5. The van der Waals surface area contributed by atoms with Gasteiger partial charge in [0.05, 0.1) is 12.2 Å². The summed E-state index contributed by atoms with van der Waals surface area (Å²) in [6.45, 7) is 3.76. The predicted molar refractivity (Wildman–Crippen MR) is 102 cm³/mol.